The van der Waals surface area contributed by atoms with E-state index in [0.717, 1.165) is 146 Å². The highest BCUT2D eigenvalue weighted by molar-refractivity contribution is 7.99. The molecule has 6 fully saturated rings. The molecule has 15 rings (SSSR count). The van der Waals surface area contributed by atoms with E-state index in [0.29, 0.717) is 107 Å². The van der Waals surface area contributed by atoms with Gasteiger partial charge in [0.05, 0.1) is 33.8 Å². The maximum atomic E-state index is 14.5. The number of aromatic nitrogens is 12. The van der Waals surface area contributed by atoms with Gasteiger partial charge in [0.25, 0.3) is 0 Å². The lowest BCUT2D eigenvalue weighted by Crippen LogP contribution is -2.28. The van der Waals surface area contributed by atoms with Crippen LogP contribution >= 0.6 is 35.3 Å². The first kappa shape index (κ1) is 70.2. The Morgan fingerprint density at radius 2 is 0.697 bits per heavy atom. The molecule has 0 spiro atoms. The molecular weight excluding hydrogens is 1380 g/mol. The molecule has 18 nitrogen and oxygen atoms in total. The van der Waals surface area contributed by atoms with Crippen LogP contribution in [0.5, 0.6) is 0 Å². The highest BCUT2D eigenvalue weighted by atomic mass is 32.2. The minimum absolute atomic E-state index is 0.308. The fourth-order valence-electron chi connectivity index (χ4n) is 14.6. The number of aryl methyl sites for hydroxylation is 3. The van der Waals surface area contributed by atoms with Crippen molar-refractivity contribution >= 4 is 35.3 Å². The molecule has 99 heavy (non-hydrogen) atoms. The predicted molar refractivity (Wildman–Crippen MR) is 343 cm³/mol. The zero-order valence-electron chi connectivity index (χ0n) is 54.6. The number of fused-ring (bicyclic) bond motifs is 3. The predicted octanol–water partition coefficient (Wildman–Crippen LogP) is 14.1. The third-order valence-electron chi connectivity index (χ3n) is 20.0. The van der Waals surface area contributed by atoms with Crippen LogP contribution in [0.4, 0.5) is 52.7 Å². The molecule has 6 atom stereocenters. The van der Waals surface area contributed by atoms with Crippen LogP contribution in [0.1, 0.15) is 89.0 Å². The van der Waals surface area contributed by atoms with Crippen LogP contribution in [0.25, 0.3) is 34.8 Å². The van der Waals surface area contributed by atoms with Gasteiger partial charge in [-0.2, -0.15) is 39.5 Å². The van der Waals surface area contributed by atoms with Gasteiger partial charge >= 0.3 is 18.5 Å². The zero-order valence-corrected chi connectivity index (χ0v) is 57.0. The summed E-state index contributed by atoms with van der Waals surface area (Å²) in [6, 6.07) is 8.89. The van der Waals surface area contributed by atoms with Crippen molar-refractivity contribution in [2.45, 2.75) is 110 Å². The number of alkyl halides is 9. The van der Waals surface area contributed by atoms with Crippen LogP contribution in [-0.2, 0) is 55.9 Å². The molecule has 3 aromatic carbocycles. The Bertz CT molecular complexity index is 3960. The molecule has 6 aliphatic rings. The highest BCUT2D eigenvalue weighted by Crippen LogP contribution is 2.62. The first-order valence-electron chi connectivity index (χ1n) is 32.1. The van der Waals surface area contributed by atoms with E-state index < -0.39 is 52.7 Å². The van der Waals surface area contributed by atoms with Crippen molar-refractivity contribution in [2.24, 2.45) is 38.9 Å². The van der Waals surface area contributed by atoms with Gasteiger partial charge in [-0.25, -0.2) is 28.1 Å². The van der Waals surface area contributed by atoms with E-state index in [1.165, 1.54) is 37.4 Å². The van der Waals surface area contributed by atoms with Crippen molar-refractivity contribution in [2.75, 3.05) is 76.2 Å². The molecule has 1 unspecified atom stereocenters. The number of likely N-dealkylation sites (tertiary alicyclic amines) is 3. The Hall–Kier alpha value is -7.20. The summed E-state index contributed by atoms with van der Waals surface area (Å²) >= 11 is 4.81. The molecule has 0 N–H and O–H groups in total. The molecule has 9 aromatic rings. The van der Waals surface area contributed by atoms with Crippen molar-refractivity contribution < 1.29 is 65.9 Å². The van der Waals surface area contributed by atoms with Crippen LogP contribution < -0.4 is 0 Å². The SMILES string of the molecule is Cc1ncoc1-c1nnc(SCCCN2C[C@@H]3C[C@]3(c3ccc(C(F)(F)F)cc3F)C2)n1C.Cc1ncoc1-c1nnc(SCCCN2C[C@H]3CC3(c3ccc(C(F)(F)F)cc3F)C2)n1C.Cc1ncoc1-c1nnc(SCCCN2C[C@H]3C[C@@]3(c3ccc(C(F)(F)F)cc3F)C2)n1C. The number of oxazole rings is 3. The van der Waals surface area contributed by atoms with Crippen LogP contribution in [0.15, 0.2) is 102 Å². The fraction of sp³-hybridized carbons (Fsp3) is 0.500. The molecule has 6 aromatic heterocycles. The van der Waals surface area contributed by atoms with Gasteiger partial charge in [0.1, 0.15) is 17.5 Å². The number of thioether (sulfide) groups is 3. The van der Waals surface area contributed by atoms with Gasteiger partial charge in [-0.3, -0.25) is 0 Å². The van der Waals surface area contributed by atoms with Crippen molar-refractivity contribution in [3.8, 4) is 34.8 Å². The summed E-state index contributed by atoms with van der Waals surface area (Å²) in [6.45, 7) is 12.7. The Labute approximate surface area is 573 Å². The largest absolute Gasteiger partial charge is 0.440 e. The third kappa shape index (κ3) is 14.3. The number of halogens is 12. The molecule has 0 bridgehead atoms. The summed E-state index contributed by atoms with van der Waals surface area (Å²) in [6.07, 6.45) is -4.20. The second-order valence-corrected chi connectivity index (χ2v) is 29.6. The van der Waals surface area contributed by atoms with Crippen molar-refractivity contribution in [1.29, 1.82) is 0 Å². The summed E-state index contributed by atoms with van der Waals surface area (Å²) in [5.74, 6) is 4.91. The van der Waals surface area contributed by atoms with Gasteiger partial charge in [0.2, 0.25) is 17.5 Å². The average molecular weight is 1440 g/mol. The minimum Gasteiger partial charge on any atom is -0.440 e. The van der Waals surface area contributed by atoms with E-state index in [9.17, 15) is 52.7 Å². The molecular formula is C66H69F12N15O3S3. The summed E-state index contributed by atoms with van der Waals surface area (Å²) in [5, 5.41) is 27.7. The molecule has 0 radical (unpaired) electrons. The van der Waals surface area contributed by atoms with Crippen LogP contribution in [0, 0.1) is 56.0 Å². The smallest absolute Gasteiger partial charge is 0.416 e. The average Bonchev–Trinajstić information content (AvgIpc) is 1.56. The number of piperidine rings is 3. The molecule has 3 saturated heterocycles. The van der Waals surface area contributed by atoms with Gasteiger partial charge < -0.3 is 41.7 Å². The summed E-state index contributed by atoms with van der Waals surface area (Å²) in [5.41, 5.74) is -0.281. The third-order valence-corrected chi connectivity index (χ3v) is 23.4. The van der Waals surface area contributed by atoms with E-state index in [4.69, 9.17) is 13.3 Å². The Kier molecular flexibility index (Phi) is 19.4. The number of hydrogen-bond donors (Lipinski definition) is 0. The molecule has 9 heterocycles. The van der Waals surface area contributed by atoms with E-state index in [1.807, 2.05) is 55.6 Å². The Morgan fingerprint density at radius 1 is 0.424 bits per heavy atom. The second kappa shape index (κ2) is 27.3. The molecule has 33 heteroatoms. The van der Waals surface area contributed by atoms with Crippen molar-refractivity contribution in [1.82, 2.24) is 73.9 Å². The van der Waals surface area contributed by atoms with E-state index in [-0.39, 0.29) is 16.2 Å². The molecule has 0 amide bonds. The lowest BCUT2D eigenvalue weighted by atomic mass is 9.93. The summed E-state index contributed by atoms with van der Waals surface area (Å²) in [7, 11) is 5.65. The Morgan fingerprint density at radius 3 is 0.929 bits per heavy atom. The van der Waals surface area contributed by atoms with Crippen molar-refractivity contribution in [3.63, 3.8) is 0 Å². The molecule has 3 aliphatic heterocycles. The first-order valence-corrected chi connectivity index (χ1v) is 35.1. The summed E-state index contributed by atoms with van der Waals surface area (Å²) in [4.78, 5) is 19.1. The number of nitrogens with zero attached hydrogens (tertiary/aromatic N) is 15. The van der Waals surface area contributed by atoms with Crippen LogP contribution in [-0.4, -0.2) is 150 Å². The van der Waals surface area contributed by atoms with E-state index >= 15 is 0 Å². The van der Waals surface area contributed by atoms with Gasteiger partial charge in [-0.05, 0) is 150 Å². The highest BCUT2D eigenvalue weighted by Gasteiger charge is 2.63. The first-order chi connectivity index (χ1) is 47.1. The topological polar surface area (TPSA) is 180 Å². The molecule has 3 saturated carbocycles. The van der Waals surface area contributed by atoms with E-state index in [2.05, 4.69) is 60.2 Å². The normalized spacial score (nSPS) is 22.7. The quantitative estimate of drug-likeness (QED) is 0.0376. The number of rotatable bonds is 21. The van der Waals surface area contributed by atoms with Crippen LogP contribution in [0.2, 0.25) is 0 Å². The monoisotopic (exact) mass is 1440 g/mol. The van der Waals surface area contributed by atoms with Crippen molar-refractivity contribution in [3.05, 3.63) is 142 Å². The number of benzene rings is 3. The molecule has 3 aliphatic carbocycles. The molecule has 528 valence electrons. The fourth-order valence-corrected chi connectivity index (χ4v) is 17.1. The lowest BCUT2D eigenvalue weighted by Gasteiger charge is -2.21. The maximum absolute atomic E-state index is 14.5. The second-order valence-electron chi connectivity index (χ2n) is 26.5. The number of hydrogen-bond acceptors (Lipinski definition) is 18. The van der Waals surface area contributed by atoms with Gasteiger partial charge in [0, 0.05) is 93.9 Å². The van der Waals surface area contributed by atoms with Gasteiger partial charge in [0.15, 0.2) is 51.9 Å². The van der Waals surface area contributed by atoms with E-state index in [1.54, 1.807) is 35.3 Å². The van der Waals surface area contributed by atoms with Crippen LogP contribution in [0.3, 0.4) is 0 Å². The standard InChI is InChI=1S/3C22H23F4N5OS/c3*1-13-18(32-12-27-13)19-28-29-20(30(19)2)33-7-3-6-31-10-15-9-21(15,11-31)16-5-4-14(8-17(16)23)22(24,25)26/h3*4-5,8,12,15H,3,6-7,9-11H2,1-2H3/t15-,21?;2*15-,21-/m110/s1. The van der Waals surface area contributed by atoms with Gasteiger partial charge in [-0.15, -0.1) is 30.6 Å². The zero-order chi connectivity index (χ0) is 70.1. The minimum atomic E-state index is -4.53. The maximum Gasteiger partial charge on any atom is 0.416 e. The summed E-state index contributed by atoms with van der Waals surface area (Å²) < 4.78 is 181. The Balaban J connectivity index is 0.000000133. The lowest BCUT2D eigenvalue weighted by molar-refractivity contribution is -0.138. The van der Waals surface area contributed by atoms with Gasteiger partial charge in [-0.1, -0.05) is 53.5 Å².